The van der Waals surface area contributed by atoms with Crippen LogP contribution in [0.2, 0.25) is 0 Å². The fourth-order valence-electron chi connectivity index (χ4n) is 2.50. The predicted octanol–water partition coefficient (Wildman–Crippen LogP) is 1.52. The molecule has 0 saturated carbocycles. The lowest BCUT2D eigenvalue weighted by Crippen LogP contribution is -2.35. The van der Waals surface area contributed by atoms with E-state index in [1.54, 1.807) is 6.20 Å². The van der Waals surface area contributed by atoms with E-state index in [2.05, 4.69) is 15.7 Å². The highest BCUT2D eigenvalue weighted by Gasteiger charge is 2.29. The van der Waals surface area contributed by atoms with Crippen LogP contribution in [0, 0.1) is 5.92 Å². The Bertz CT molecular complexity index is 521. The first kappa shape index (κ1) is 12.7. The molecule has 0 spiro atoms. The highest BCUT2D eigenvalue weighted by molar-refractivity contribution is 7.99. The van der Waals surface area contributed by atoms with Crippen LogP contribution in [-0.4, -0.2) is 26.5 Å². The van der Waals surface area contributed by atoms with Crippen LogP contribution in [0.15, 0.2) is 36.5 Å². The number of benzene rings is 1. The van der Waals surface area contributed by atoms with Gasteiger partial charge in [-0.2, -0.15) is 11.8 Å². The molecule has 3 N–H and O–H groups in total. The third kappa shape index (κ3) is 2.51. The van der Waals surface area contributed by atoms with E-state index in [0.29, 0.717) is 5.92 Å². The summed E-state index contributed by atoms with van der Waals surface area (Å²) in [6, 6.07) is 10.1. The third-order valence-corrected chi connectivity index (χ3v) is 4.70. The van der Waals surface area contributed by atoms with E-state index in [9.17, 15) is 0 Å². The lowest BCUT2D eigenvalue weighted by molar-refractivity contribution is 0.385. The number of thioether (sulfide) groups is 1. The average Bonchev–Trinajstić information content (AvgIpc) is 3.12. The monoisotopic (exact) mass is 275 g/mol. The highest BCUT2D eigenvalue weighted by atomic mass is 32.2. The summed E-state index contributed by atoms with van der Waals surface area (Å²) in [5.74, 6) is 8.64. The average molecular weight is 275 g/mol. The summed E-state index contributed by atoms with van der Waals surface area (Å²) >= 11 is 1.98. The van der Waals surface area contributed by atoms with Crippen molar-refractivity contribution in [2.45, 2.75) is 12.5 Å². The Morgan fingerprint density at radius 2 is 2.21 bits per heavy atom. The molecule has 0 radical (unpaired) electrons. The van der Waals surface area contributed by atoms with Crippen LogP contribution in [0.5, 0.6) is 0 Å². The van der Waals surface area contributed by atoms with Gasteiger partial charge in [-0.3, -0.25) is 11.3 Å². The second-order valence-corrected chi connectivity index (χ2v) is 5.82. The Hall–Kier alpha value is -1.37. The van der Waals surface area contributed by atoms with E-state index >= 15 is 0 Å². The molecule has 1 aromatic heterocycles. The number of para-hydroxylation sites is 1. The second kappa shape index (κ2) is 5.73. The minimum absolute atomic E-state index is 0.102. The summed E-state index contributed by atoms with van der Waals surface area (Å²) in [6.45, 7) is 0. The largest absolute Gasteiger partial charge is 0.271 e. The molecule has 2 heterocycles. The normalized spacial score (nSPS) is 20.6. The first-order valence-electron chi connectivity index (χ1n) is 6.40. The van der Waals surface area contributed by atoms with Crippen molar-refractivity contribution in [1.29, 1.82) is 0 Å². The molecule has 2 atom stereocenters. The Morgan fingerprint density at radius 1 is 1.37 bits per heavy atom. The molecule has 1 saturated heterocycles. The lowest BCUT2D eigenvalue weighted by Gasteiger charge is -2.22. The Morgan fingerprint density at radius 3 is 2.89 bits per heavy atom. The molecule has 0 amide bonds. The number of rotatable bonds is 4. The van der Waals surface area contributed by atoms with Gasteiger partial charge in [0.25, 0.3) is 0 Å². The van der Waals surface area contributed by atoms with Gasteiger partial charge >= 0.3 is 0 Å². The van der Waals surface area contributed by atoms with Crippen LogP contribution >= 0.6 is 11.8 Å². The van der Waals surface area contributed by atoms with Crippen molar-refractivity contribution in [2.24, 2.45) is 11.8 Å². The molecule has 1 aliphatic rings. The number of aromatic nitrogens is 3. The molecule has 2 aromatic rings. The number of nitrogens with zero attached hydrogens (tertiary/aromatic N) is 3. The van der Waals surface area contributed by atoms with Crippen molar-refractivity contribution in [3.8, 4) is 5.69 Å². The molecule has 2 unspecified atom stereocenters. The molecule has 0 bridgehead atoms. The van der Waals surface area contributed by atoms with Crippen molar-refractivity contribution in [1.82, 2.24) is 20.4 Å². The van der Waals surface area contributed by atoms with Gasteiger partial charge < -0.3 is 0 Å². The van der Waals surface area contributed by atoms with E-state index < -0.39 is 0 Å². The first-order chi connectivity index (χ1) is 9.40. The van der Waals surface area contributed by atoms with Gasteiger partial charge in [-0.15, -0.1) is 5.10 Å². The number of nitrogens with two attached hydrogens (primary N) is 1. The topological polar surface area (TPSA) is 68.8 Å². The van der Waals surface area contributed by atoms with Gasteiger partial charge in [0.1, 0.15) is 0 Å². The maximum Gasteiger partial charge on any atom is 0.0831 e. The quantitative estimate of drug-likeness (QED) is 0.654. The maximum atomic E-state index is 5.76. The maximum absolute atomic E-state index is 5.76. The molecule has 6 heteroatoms. The van der Waals surface area contributed by atoms with Crippen LogP contribution < -0.4 is 11.3 Å². The molecule has 5 nitrogen and oxygen atoms in total. The van der Waals surface area contributed by atoms with Gasteiger partial charge in [-0.25, -0.2) is 4.68 Å². The van der Waals surface area contributed by atoms with Crippen LogP contribution in [-0.2, 0) is 0 Å². The molecular formula is C13H17N5S. The van der Waals surface area contributed by atoms with E-state index in [-0.39, 0.29) is 6.04 Å². The standard InChI is InChI=1S/C13H17N5S/c14-16-13(10-6-7-19-9-10)12-8-15-17-18(12)11-4-2-1-3-5-11/h1-5,8,10,13,16H,6-7,9,14H2. The molecule has 1 fully saturated rings. The smallest absolute Gasteiger partial charge is 0.0831 e. The van der Waals surface area contributed by atoms with E-state index in [0.717, 1.165) is 17.1 Å². The second-order valence-electron chi connectivity index (χ2n) is 4.67. The summed E-state index contributed by atoms with van der Waals surface area (Å²) in [5.41, 5.74) is 4.99. The SMILES string of the molecule is NNC(c1cnnn1-c1ccccc1)C1CCSC1. The molecule has 3 rings (SSSR count). The van der Waals surface area contributed by atoms with Crippen LogP contribution in [0.4, 0.5) is 0 Å². The molecule has 1 aromatic carbocycles. The summed E-state index contributed by atoms with van der Waals surface area (Å²) in [6.07, 6.45) is 2.99. The number of nitrogens with one attached hydrogen (secondary N) is 1. The van der Waals surface area contributed by atoms with E-state index in [1.807, 2.05) is 46.8 Å². The fraction of sp³-hybridized carbons (Fsp3) is 0.385. The molecule has 0 aliphatic carbocycles. The van der Waals surface area contributed by atoms with E-state index in [1.165, 1.54) is 12.2 Å². The molecule has 1 aliphatic heterocycles. The van der Waals surface area contributed by atoms with Crippen molar-refractivity contribution in [2.75, 3.05) is 11.5 Å². The van der Waals surface area contributed by atoms with Gasteiger partial charge in [0.05, 0.1) is 23.6 Å². The molecule has 100 valence electrons. The lowest BCUT2D eigenvalue weighted by atomic mass is 9.97. The molecular weight excluding hydrogens is 258 g/mol. The van der Waals surface area contributed by atoms with Crippen molar-refractivity contribution < 1.29 is 0 Å². The zero-order chi connectivity index (χ0) is 13.1. The zero-order valence-corrected chi connectivity index (χ0v) is 11.4. The zero-order valence-electron chi connectivity index (χ0n) is 10.6. The predicted molar refractivity (Wildman–Crippen MR) is 76.9 cm³/mol. The van der Waals surface area contributed by atoms with Crippen molar-refractivity contribution in [3.05, 3.63) is 42.2 Å². The number of hydrogen-bond acceptors (Lipinski definition) is 5. The van der Waals surface area contributed by atoms with Gasteiger partial charge in [-0.1, -0.05) is 23.4 Å². The minimum Gasteiger partial charge on any atom is -0.271 e. The third-order valence-electron chi connectivity index (χ3n) is 3.51. The Kier molecular flexibility index (Phi) is 3.82. The molecule has 19 heavy (non-hydrogen) atoms. The summed E-state index contributed by atoms with van der Waals surface area (Å²) in [5, 5.41) is 8.24. The first-order valence-corrected chi connectivity index (χ1v) is 7.55. The number of hydrazine groups is 1. The van der Waals surface area contributed by atoms with Gasteiger partial charge in [0, 0.05) is 0 Å². The highest BCUT2D eigenvalue weighted by Crippen LogP contribution is 2.33. The Labute approximate surface area is 116 Å². The number of hydrogen-bond donors (Lipinski definition) is 2. The van der Waals surface area contributed by atoms with Crippen LogP contribution in [0.25, 0.3) is 5.69 Å². The fourth-order valence-corrected chi connectivity index (χ4v) is 3.80. The van der Waals surface area contributed by atoms with E-state index in [4.69, 9.17) is 5.84 Å². The van der Waals surface area contributed by atoms with Crippen LogP contribution in [0.1, 0.15) is 18.2 Å². The van der Waals surface area contributed by atoms with Crippen molar-refractivity contribution in [3.63, 3.8) is 0 Å². The van der Waals surface area contributed by atoms with Gasteiger partial charge in [0.2, 0.25) is 0 Å². The Balaban J connectivity index is 1.94. The van der Waals surface area contributed by atoms with Gasteiger partial charge in [-0.05, 0) is 36.0 Å². The summed E-state index contributed by atoms with van der Waals surface area (Å²) in [4.78, 5) is 0. The summed E-state index contributed by atoms with van der Waals surface area (Å²) in [7, 11) is 0. The van der Waals surface area contributed by atoms with Crippen molar-refractivity contribution >= 4 is 11.8 Å². The summed E-state index contributed by atoms with van der Waals surface area (Å²) < 4.78 is 1.87. The minimum atomic E-state index is 0.102. The van der Waals surface area contributed by atoms with Gasteiger partial charge in [0.15, 0.2) is 0 Å². The van der Waals surface area contributed by atoms with Crippen LogP contribution in [0.3, 0.4) is 0 Å².